The number of nitrogens with zero attached hydrogens (tertiary/aromatic N) is 1. The zero-order valence-electron chi connectivity index (χ0n) is 9.08. The fourth-order valence-electron chi connectivity index (χ4n) is 0.900. The van der Waals surface area contributed by atoms with Crippen LogP contribution >= 0.6 is 15.9 Å². The molecular weight excluding hydrogens is 258 g/mol. The zero-order valence-corrected chi connectivity index (χ0v) is 10.7. The molecule has 0 aromatic carbocycles. The van der Waals surface area contributed by atoms with E-state index in [1.54, 1.807) is 12.4 Å². The number of rotatable bonds is 2. The summed E-state index contributed by atoms with van der Waals surface area (Å²) in [5.74, 6) is -0.206. The maximum absolute atomic E-state index is 11.5. The minimum atomic E-state index is -0.459. The van der Waals surface area contributed by atoms with Gasteiger partial charge in [-0.25, -0.2) is 0 Å². The van der Waals surface area contributed by atoms with Gasteiger partial charge in [-0.2, -0.15) is 0 Å². The van der Waals surface area contributed by atoms with Crippen molar-refractivity contribution in [2.45, 2.75) is 27.4 Å². The number of aromatic nitrogens is 1. The van der Waals surface area contributed by atoms with Crippen molar-refractivity contribution in [3.8, 4) is 0 Å². The third-order valence-electron chi connectivity index (χ3n) is 1.74. The lowest BCUT2D eigenvalue weighted by Crippen LogP contribution is -2.22. The van der Waals surface area contributed by atoms with Gasteiger partial charge in [0.15, 0.2) is 0 Å². The van der Waals surface area contributed by atoms with Crippen LogP contribution in [0.1, 0.15) is 26.3 Å². The van der Waals surface area contributed by atoms with Gasteiger partial charge in [-0.05, 0) is 42.8 Å². The molecule has 3 nitrogen and oxygen atoms in total. The second kappa shape index (κ2) is 4.75. The van der Waals surface area contributed by atoms with Crippen LogP contribution < -0.4 is 0 Å². The van der Waals surface area contributed by atoms with Gasteiger partial charge in [0.05, 0.1) is 5.41 Å². The molecule has 1 heterocycles. The Morgan fingerprint density at radius 2 is 2.13 bits per heavy atom. The van der Waals surface area contributed by atoms with Crippen molar-refractivity contribution in [1.82, 2.24) is 4.98 Å². The number of carbonyl (C=O) groups excluding carboxylic acids is 1. The van der Waals surface area contributed by atoms with Crippen molar-refractivity contribution >= 4 is 21.9 Å². The highest BCUT2D eigenvalue weighted by atomic mass is 79.9. The maximum atomic E-state index is 11.5. The molecule has 1 aromatic heterocycles. The van der Waals surface area contributed by atoms with Gasteiger partial charge in [0, 0.05) is 22.4 Å². The Balaban J connectivity index is 2.55. The number of ether oxygens (including phenoxy) is 1. The van der Waals surface area contributed by atoms with Crippen molar-refractivity contribution in [2.75, 3.05) is 0 Å². The molecule has 0 atom stereocenters. The summed E-state index contributed by atoms with van der Waals surface area (Å²) in [6, 6.07) is 1.88. The third kappa shape index (κ3) is 4.00. The fraction of sp³-hybridized carbons (Fsp3) is 0.455. The van der Waals surface area contributed by atoms with Crippen LogP contribution in [0, 0.1) is 5.41 Å². The number of carbonyl (C=O) groups is 1. The summed E-state index contributed by atoms with van der Waals surface area (Å²) < 4.78 is 6.03. The Bertz CT molecular complexity index is 358. The summed E-state index contributed by atoms with van der Waals surface area (Å²) >= 11 is 3.31. The predicted molar refractivity (Wildman–Crippen MR) is 61.2 cm³/mol. The minimum Gasteiger partial charge on any atom is -0.460 e. The van der Waals surface area contributed by atoms with E-state index >= 15 is 0 Å². The molecule has 4 heteroatoms. The standard InChI is InChI=1S/C11H14BrNO2/c1-11(2,3)10(14)15-7-8-4-9(12)6-13-5-8/h4-6H,7H2,1-3H3. The summed E-state index contributed by atoms with van der Waals surface area (Å²) in [5.41, 5.74) is 0.418. The Labute approximate surface area is 98.0 Å². The molecule has 0 aliphatic heterocycles. The molecule has 1 rings (SSSR count). The van der Waals surface area contributed by atoms with Crippen molar-refractivity contribution in [3.63, 3.8) is 0 Å². The average molecular weight is 272 g/mol. The summed E-state index contributed by atoms with van der Waals surface area (Å²) in [4.78, 5) is 15.5. The smallest absolute Gasteiger partial charge is 0.311 e. The number of pyridine rings is 1. The number of halogens is 1. The van der Waals surface area contributed by atoms with Gasteiger partial charge in [-0.1, -0.05) is 0 Å². The Morgan fingerprint density at radius 3 is 2.67 bits per heavy atom. The first-order valence-corrected chi connectivity index (χ1v) is 5.45. The van der Waals surface area contributed by atoms with Gasteiger partial charge in [-0.15, -0.1) is 0 Å². The fourth-order valence-corrected chi connectivity index (χ4v) is 1.31. The Hall–Kier alpha value is -0.900. The molecule has 0 saturated heterocycles. The Kier molecular flexibility index (Phi) is 3.85. The van der Waals surface area contributed by atoms with Crippen LogP contribution in [0.15, 0.2) is 22.9 Å². The van der Waals surface area contributed by atoms with E-state index in [4.69, 9.17) is 4.74 Å². The lowest BCUT2D eigenvalue weighted by Gasteiger charge is -2.16. The maximum Gasteiger partial charge on any atom is 0.311 e. The highest BCUT2D eigenvalue weighted by Gasteiger charge is 2.22. The van der Waals surface area contributed by atoms with Crippen LogP contribution in [-0.4, -0.2) is 11.0 Å². The molecule has 0 amide bonds. The molecule has 0 radical (unpaired) electrons. The van der Waals surface area contributed by atoms with Gasteiger partial charge in [0.1, 0.15) is 6.61 Å². The van der Waals surface area contributed by atoms with Crippen LogP contribution in [0.5, 0.6) is 0 Å². The molecule has 0 unspecified atom stereocenters. The average Bonchev–Trinajstić information content (AvgIpc) is 2.12. The molecule has 0 fully saturated rings. The lowest BCUT2D eigenvalue weighted by molar-refractivity contribution is -0.154. The summed E-state index contributed by atoms with van der Waals surface area (Å²) in [5, 5.41) is 0. The molecule has 0 saturated carbocycles. The summed E-state index contributed by atoms with van der Waals surface area (Å²) in [6.07, 6.45) is 3.37. The van der Waals surface area contributed by atoms with E-state index in [-0.39, 0.29) is 12.6 Å². The van der Waals surface area contributed by atoms with Crippen LogP contribution in [0.25, 0.3) is 0 Å². The number of hydrogen-bond acceptors (Lipinski definition) is 3. The van der Waals surface area contributed by atoms with Crippen molar-refractivity contribution in [2.24, 2.45) is 5.41 Å². The lowest BCUT2D eigenvalue weighted by atomic mass is 9.97. The van der Waals surface area contributed by atoms with E-state index < -0.39 is 5.41 Å². The normalized spacial score (nSPS) is 11.2. The minimum absolute atomic E-state index is 0.206. The van der Waals surface area contributed by atoms with E-state index in [1.807, 2.05) is 26.8 Å². The van der Waals surface area contributed by atoms with Gasteiger partial charge in [-0.3, -0.25) is 9.78 Å². The first kappa shape index (κ1) is 12.2. The van der Waals surface area contributed by atoms with Gasteiger partial charge >= 0.3 is 5.97 Å². The first-order chi connectivity index (χ1) is 6.89. The molecule has 0 bridgehead atoms. The van der Waals surface area contributed by atoms with Gasteiger partial charge in [0.25, 0.3) is 0 Å². The van der Waals surface area contributed by atoms with E-state index in [0.29, 0.717) is 0 Å². The van der Waals surface area contributed by atoms with Gasteiger partial charge in [0.2, 0.25) is 0 Å². The largest absolute Gasteiger partial charge is 0.460 e. The first-order valence-electron chi connectivity index (χ1n) is 4.66. The number of hydrogen-bond donors (Lipinski definition) is 0. The summed E-state index contributed by atoms with van der Waals surface area (Å²) in [6.45, 7) is 5.75. The second-order valence-electron chi connectivity index (χ2n) is 4.34. The van der Waals surface area contributed by atoms with Crippen LogP contribution in [0.4, 0.5) is 0 Å². The van der Waals surface area contributed by atoms with E-state index in [0.717, 1.165) is 10.0 Å². The second-order valence-corrected chi connectivity index (χ2v) is 5.25. The van der Waals surface area contributed by atoms with Crippen molar-refractivity contribution in [3.05, 3.63) is 28.5 Å². The number of esters is 1. The summed E-state index contributed by atoms with van der Waals surface area (Å²) in [7, 11) is 0. The van der Waals surface area contributed by atoms with Crippen LogP contribution in [-0.2, 0) is 16.1 Å². The van der Waals surface area contributed by atoms with Crippen molar-refractivity contribution in [1.29, 1.82) is 0 Å². The van der Waals surface area contributed by atoms with Crippen molar-refractivity contribution < 1.29 is 9.53 Å². The molecular formula is C11H14BrNO2. The molecule has 15 heavy (non-hydrogen) atoms. The molecule has 1 aromatic rings. The third-order valence-corrected chi connectivity index (χ3v) is 2.18. The molecule has 0 spiro atoms. The van der Waals surface area contributed by atoms with Gasteiger partial charge < -0.3 is 4.74 Å². The topological polar surface area (TPSA) is 39.2 Å². The zero-order chi connectivity index (χ0) is 11.5. The molecule has 0 aliphatic rings. The van der Waals surface area contributed by atoms with Crippen LogP contribution in [0.3, 0.4) is 0 Å². The molecule has 82 valence electrons. The van der Waals surface area contributed by atoms with E-state index in [1.165, 1.54) is 0 Å². The van der Waals surface area contributed by atoms with Crippen LogP contribution in [0.2, 0.25) is 0 Å². The predicted octanol–water partition coefficient (Wildman–Crippen LogP) is 2.93. The SMILES string of the molecule is CC(C)(C)C(=O)OCc1cncc(Br)c1. The monoisotopic (exact) mass is 271 g/mol. The highest BCUT2D eigenvalue weighted by Crippen LogP contribution is 2.17. The Morgan fingerprint density at radius 1 is 1.47 bits per heavy atom. The quantitative estimate of drug-likeness (QED) is 0.777. The highest BCUT2D eigenvalue weighted by molar-refractivity contribution is 9.10. The molecule has 0 aliphatic carbocycles. The molecule has 0 N–H and O–H groups in total. The van der Waals surface area contributed by atoms with E-state index in [2.05, 4.69) is 20.9 Å². The van der Waals surface area contributed by atoms with E-state index in [9.17, 15) is 4.79 Å².